The monoisotopic (exact) mass is 642 g/mol. The molecule has 15 heteroatoms. The molecule has 0 unspecified atom stereocenters. The Morgan fingerprint density at radius 1 is 1.17 bits per heavy atom. The van der Waals surface area contributed by atoms with Crippen LogP contribution in [0, 0.1) is 0 Å². The van der Waals surface area contributed by atoms with Gasteiger partial charge in [0.1, 0.15) is 39.4 Å². The van der Waals surface area contributed by atoms with Crippen molar-refractivity contribution in [2.24, 2.45) is 5.73 Å². The van der Waals surface area contributed by atoms with Crippen LogP contribution in [0.3, 0.4) is 0 Å². The summed E-state index contributed by atoms with van der Waals surface area (Å²) < 4.78 is 15.6. The van der Waals surface area contributed by atoms with Crippen molar-refractivity contribution < 1.29 is 23.9 Å². The number of thiocarbonyl (C=S) groups is 1. The summed E-state index contributed by atoms with van der Waals surface area (Å²) in [4.78, 5) is 41.7. The number of hydrogen-bond donors (Lipinski definition) is 3. The maximum atomic E-state index is 13.6. The maximum absolute atomic E-state index is 13.6. The zero-order valence-electron chi connectivity index (χ0n) is 22.3. The van der Waals surface area contributed by atoms with E-state index in [0.717, 1.165) is 26.9 Å². The topological polar surface area (TPSA) is 149 Å². The van der Waals surface area contributed by atoms with E-state index >= 15 is 0 Å². The van der Waals surface area contributed by atoms with Crippen molar-refractivity contribution in [3.63, 3.8) is 0 Å². The second-order valence-corrected chi connectivity index (χ2v) is 12.8. The van der Waals surface area contributed by atoms with Crippen LogP contribution in [0.2, 0.25) is 0 Å². The molecule has 5 rings (SSSR count). The number of nitrogens with two attached hydrogens (primary N) is 1. The molecule has 1 saturated heterocycles. The fourth-order valence-electron chi connectivity index (χ4n) is 4.27. The number of ether oxygens (including phenoxy) is 2. The second kappa shape index (κ2) is 13.5. The molecule has 2 atom stereocenters. The van der Waals surface area contributed by atoms with Gasteiger partial charge in [-0.1, -0.05) is 58.7 Å². The molecule has 1 aromatic heterocycles. The molecule has 4 N–H and O–H groups in total. The number of fused-ring (bicyclic) bond motifs is 1. The van der Waals surface area contributed by atoms with Gasteiger partial charge in [-0.3, -0.25) is 14.5 Å². The molecule has 2 aromatic carbocycles. The van der Waals surface area contributed by atoms with Gasteiger partial charge in [0.15, 0.2) is 5.11 Å². The molecule has 0 saturated carbocycles. The Morgan fingerprint density at radius 2 is 1.93 bits per heavy atom. The van der Waals surface area contributed by atoms with Crippen molar-refractivity contribution in [1.29, 1.82) is 0 Å². The number of hydrogen-bond acceptors (Lipinski definition) is 11. The first-order valence-electron chi connectivity index (χ1n) is 12.7. The Hall–Kier alpha value is -3.66. The molecule has 2 amide bonds. The number of rotatable bonds is 11. The van der Waals surface area contributed by atoms with E-state index in [4.69, 9.17) is 27.4 Å². The maximum Gasteiger partial charge on any atom is 0.356 e. The number of methoxy groups -OCH3 is 1. The van der Waals surface area contributed by atoms with Crippen molar-refractivity contribution >= 4 is 70.2 Å². The van der Waals surface area contributed by atoms with E-state index in [1.807, 2.05) is 30.3 Å². The van der Waals surface area contributed by atoms with Crippen molar-refractivity contribution in [1.82, 2.24) is 25.1 Å². The predicted molar refractivity (Wildman–Crippen MR) is 164 cm³/mol. The van der Waals surface area contributed by atoms with Crippen LogP contribution in [0.5, 0.6) is 5.75 Å². The van der Waals surface area contributed by atoms with Crippen LogP contribution in [0.4, 0.5) is 0 Å². The van der Waals surface area contributed by atoms with Crippen LogP contribution < -0.4 is 21.1 Å². The second-order valence-electron chi connectivity index (χ2n) is 9.14. The quantitative estimate of drug-likeness (QED) is 0.160. The number of thioether (sulfide) groups is 2. The Morgan fingerprint density at radius 3 is 2.64 bits per heavy atom. The van der Waals surface area contributed by atoms with Gasteiger partial charge in [0.25, 0.3) is 5.91 Å². The number of amides is 2. The van der Waals surface area contributed by atoms with Gasteiger partial charge in [-0.25, -0.2) is 4.79 Å². The number of carbonyl (C=O) groups is 3. The molecule has 2 aliphatic heterocycles. The first-order valence-corrected chi connectivity index (χ1v) is 15.7. The summed E-state index contributed by atoms with van der Waals surface area (Å²) in [6, 6.07) is 15.7. The van der Waals surface area contributed by atoms with Crippen molar-refractivity contribution in [3.05, 3.63) is 82.0 Å². The lowest BCUT2D eigenvalue weighted by Crippen LogP contribution is -2.70. The summed E-state index contributed by atoms with van der Waals surface area (Å²) in [7, 11) is 1.57. The summed E-state index contributed by atoms with van der Waals surface area (Å²) in [6.07, 6.45) is 0.150. The highest BCUT2D eigenvalue weighted by Crippen LogP contribution is 2.46. The zero-order valence-corrected chi connectivity index (χ0v) is 25.5. The number of benzene rings is 2. The lowest BCUT2D eigenvalue weighted by Gasteiger charge is -2.49. The van der Waals surface area contributed by atoms with Crippen molar-refractivity contribution in [3.8, 4) is 5.75 Å². The minimum atomic E-state index is -0.752. The van der Waals surface area contributed by atoms with Gasteiger partial charge >= 0.3 is 5.97 Å². The fourth-order valence-corrected chi connectivity index (χ4v) is 7.69. The molecular formula is C27H26N6O5S4. The smallest absolute Gasteiger partial charge is 0.356 e. The van der Waals surface area contributed by atoms with Gasteiger partial charge in [0.2, 0.25) is 5.91 Å². The van der Waals surface area contributed by atoms with Crippen LogP contribution in [-0.4, -0.2) is 61.7 Å². The molecule has 3 aromatic rings. The first-order chi connectivity index (χ1) is 20.3. The third-order valence-electron chi connectivity index (χ3n) is 6.35. The van der Waals surface area contributed by atoms with E-state index < -0.39 is 17.4 Å². The van der Waals surface area contributed by atoms with E-state index in [1.54, 1.807) is 31.4 Å². The largest absolute Gasteiger partial charge is 0.497 e. The molecule has 3 heterocycles. The van der Waals surface area contributed by atoms with Crippen molar-refractivity contribution in [2.45, 2.75) is 35.2 Å². The Bertz CT molecular complexity index is 1510. The van der Waals surface area contributed by atoms with Gasteiger partial charge in [0, 0.05) is 10.7 Å². The van der Waals surface area contributed by atoms with E-state index in [9.17, 15) is 14.4 Å². The number of carbonyl (C=O) groups excluding carboxylic acids is 3. The minimum Gasteiger partial charge on any atom is -0.497 e. The van der Waals surface area contributed by atoms with Crippen LogP contribution in [0.1, 0.15) is 16.8 Å². The molecule has 42 heavy (non-hydrogen) atoms. The molecular weight excluding hydrogens is 617 g/mol. The average Bonchev–Trinajstić information content (AvgIpc) is 3.44. The predicted octanol–water partition coefficient (Wildman–Crippen LogP) is 2.57. The van der Waals surface area contributed by atoms with Crippen LogP contribution >= 0.6 is 47.3 Å². The molecule has 0 radical (unpaired) electrons. The third kappa shape index (κ3) is 6.86. The SMILES string of the molecule is COc1ccc(COC(=O)C2=C(Sc3snnc3CNC(N)=S)CS[C@@H]3[C@H](NC(=O)Cc4ccccc4)C(=O)N23)cc1. The summed E-state index contributed by atoms with van der Waals surface area (Å²) >= 11 is 8.82. The van der Waals surface area contributed by atoms with Gasteiger partial charge in [0.05, 0.1) is 20.1 Å². The highest BCUT2D eigenvalue weighted by atomic mass is 32.2. The highest BCUT2D eigenvalue weighted by Gasteiger charge is 2.54. The summed E-state index contributed by atoms with van der Waals surface area (Å²) in [5.74, 6) is -0.179. The molecule has 2 aliphatic rings. The summed E-state index contributed by atoms with van der Waals surface area (Å²) in [5, 5.41) is 9.53. The Labute approximate surface area is 259 Å². The molecule has 0 aliphatic carbocycles. The first kappa shape index (κ1) is 29.8. The summed E-state index contributed by atoms with van der Waals surface area (Å²) in [6.45, 7) is 0.277. The number of nitrogens with zero attached hydrogens (tertiary/aromatic N) is 3. The van der Waals surface area contributed by atoms with Crippen LogP contribution in [-0.2, 0) is 38.7 Å². The van der Waals surface area contributed by atoms with Crippen LogP contribution in [0.15, 0.2) is 69.4 Å². The lowest BCUT2D eigenvalue weighted by molar-refractivity contribution is -0.153. The van der Waals surface area contributed by atoms with E-state index in [1.165, 1.54) is 28.4 Å². The molecule has 218 valence electrons. The highest BCUT2D eigenvalue weighted by molar-refractivity contribution is 8.07. The van der Waals surface area contributed by atoms with E-state index in [0.29, 0.717) is 22.1 Å². The fraction of sp³-hybridized carbons (Fsp3) is 0.259. The van der Waals surface area contributed by atoms with Gasteiger partial charge in [-0.15, -0.1) is 16.9 Å². The van der Waals surface area contributed by atoms with Crippen molar-refractivity contribution in [2.75, 3.05) is 12.9 Å². The minimum absolute atomic E-state index is 0.00653. The van der Waals surface area contributed by atoms with Crippen LogP contribution in [0.25, 0.3) is 0 Å². The lowest BCUT2D eigenvalue weighted by atomic mass is 10.0. The molecule has 0 spiro atoms. The third-order valence-corrected chi connectivity index (χ3v) is 10.00. The standard InChI is InChI=1S/C27H26N6O5S4/c1-37-17-9-7-16(8-10-17)13-38-25(36)22-19(41-26-18(31-32-42-26)12-29-27(28)39)14-40-24-21(23(35)33(22)24)30-20(34)11-15-5-3-2-4-6-15/h2-10,21,24H,11-14H2,1H3,(H,30,34)(H3,28,29,39)/t21-,24-/m1/s1. The van der Waals surface area contributed by atoms with E-state index in [2.05, 4.69) is 20.2 Å². The summed E-state index contributed by atoms with van der Waals surface area (Å²) in [5.41, 5.74) is 7.94. The number of esters is 1. The number of β-lactam (4-membered cyclic amide) rings is 1. The van der Waals surface area contributed by atoms with Gasteiger partial charge in [-0.05, 0) is 47.0 Å². The average molecular weight is 643 g/mol. The molecule has 1 fully saturated rings. The van der Waals surface area contributed by atoms with Gasteiger partial charge in [-0.2, -0.15) is 0 Å². The Balaban J connectivity index is 1.35. The number of nitrogens with one attached hydrogen (secondary N) is 2. The zero-order chi connectivity index (χ0) is 29.6. The normalized spacial score (nSPS) is 17.6. The Kier molecular flexibility index (Phi) is 9.62. The molecule has 11 nitrogen and oxygen atoms in total. The van der Waals surface area contributed by atoms with Gasteiger partial charge < -0.3 is 25.8 Å². The number of aromatic nitrogens is 2. The molecule has 0 bridgehead atoms. The van der Waals surface area contributed by atoms with E-state index in [-0.39, 0.29) is 42.2 Å².